The Labute approximate surface area is 138 Å². The Morgan fingerprint density at radius 1 is 1.14 bits per heavy atom. The van der Waals surface area contributed by atoms with E-state index < -0.39 is 0 Å². The number of rotatable bonds is 3. The highest BCUT2D eigenvalue weighted by Crippen LogP contribution is 2.35. The summed E-state index contributed by atoms with van der Waals surface area (Å²) < 4.78 is 0. The average Bonchev–Trinajstić information content (AvgIpc) is 3.09. The molecule has 2 heterocycles. The Morgan fingerprint density at radius 2 is 1.91 bits per heavy atom. The fourth-order valence-corrected chi connectivity index (χ4v) is 3.98. The molecule has 1 aromatic carbocycles. The summed E-state index contributed by atoms with van der Waals surface area (Å²) in [5.41, 5.74) is 0.862. The highest BCUT2D eigenvalue weighted by Gasteiger charge is 2.35. The summed E-state index contributed by atoms with van der Waals surface area (Å²) in [6.07, 6.45) is 1.94. The monoisotopic (exact) mass is 328 g/mol. The van der Waals surface area contributed by atoms with Crippen LogP contribution in [0.4, 0.5) is 5.69 Å². The Morgan fingerprint density at radius 3 is 2.55 bits per heavy atom. The molecule has 0 spiro atoms. The molecule has 1 amide bonds. The van der Waals surface area contributed by atoms with E-state index >= 15 is 0 Å². The fourth-order valence-electron chi connectivity index (χ4n) is 2.14. The molecule has 3 rings (SSSR count). The van der Waals surface area contributed by atoms with Gasteiger partial charge in [0.2, 0.25) is 0 Å². The normalized spacial score (nSPS) is 18.9. The molecule has 3 nitrogen and oxygen atoms in total. The second-order valence-corrected chi connectivity index (χ2v) is 7.11. The smallest absolute Gasteiger partial charge is 0.267 e. The van der Waals surface area contributed by atoms with E-state index in [4.69, 9.17) is 0 Å². The van der Waals surface area contributed by atoms with Crippen molar-refractivity contribution in [1.29, 1.82) is 0 Å². The standard InChI is InChI=1S/C17H16N2OS2/c1-12(2)19-16(20)15(11-14-9-6-10-21-14)22-17(19)18-13-7-4-3-5-8-13/h3-12H,1-2H3/b15-11+,18-17?. The number of aliphatic imine (C=N–C) groups is 1. The quantitative estimate of drug-likeness (QED) is 0.761. The maximum absolute atomic E-state index is 12.6. The van der Waals surface area contributed by atoms with Crippen LogP contribution in [0.3, 0.4) is 0 Å². The first-order chi connectivity index (χ1) is 10.6. The van der Waals surface area contributed by atoms with Crippen molar-refractivity contribution in [3.63, 3.8) is 0 Å². The summed E-state index contributed by atoms with van der Waals surface area (Å²) in [5.74, 6) is 0.0306. The van der Waals surface area contributed by atoms with Crippen LogP contribution in [0.5, 0.6) is 0 Å². The van der Waals surface area contributed by atoms with Gasteiger partial charge in [0.25, 0.3) is 5.91 Å². The summed E-state index contributed by atoms with van der Waals surface area (Å²) in [7, 11) is 0. The SMILES string of the molecule is CC(C)N1C(=O)/C(=C\c2cccs2)SC1=Nc1ccccc1. The maximum Gasteiger partial charge on any atom is 0.267 e. The van der Waals surface area contributed by atoms with Crippen molar-refractivity contribution in [2.75, 3.05) is 0 Å². The van der Waals surface area contributed by atoms with Gasteiger partial charge in [-0.1, -0.05) is 24.3 Å². The van der Waals surface area contributed by atoms with Crippen molar-refractivity contribution >= 4 is 45.9 Å². The minimum Gasteiger partial charge on any atom is -0.284 e. The first-order valence-corrected chi connectivity index (χ1v) is 8.75. The highest BCUT2D eigenvalue weighted by atomic mass is 32.2. The summed E-state index contributed by atoms with van der Waals surface area (Å²) in [6.45, 7) is 4.01. The molecule has 22 heavy (non-hydrogen) atoms. The molecule has 1 fully saturated rings. The van der Waals surface area contributed by atoms with Gasteiger partial charge >= 0.3 is 0 Å². The van der Waals surface area contributed by atoms with E-state index in [0.29, 0.717) is 0 Å². The molecule has 5 heteroatoms. The third-order valence-electron chi connectivity index (χ3n) is 3.15. The van der Waals surface area contributed by atoms with Gasteiger partial charge in [0.15, 0.2) is 5.17 Å². The van der Waals surface area contributed by atoms with Gasteiger partial charge < -0.3 is 0 Å². The van der Waals surface area contributed by atoms with Crippen LogP contribution in [0.25, 0.3) is 6.08 Å². The van der Waals surface area contributed by atoms with Crippen LogP contribution in [-0.2, 0) is 4.79 Å². The highest BCUT2D eigenvalue weighted by molar-refractivity contribution is 8.18. The first kappa shape index (κ1) is 15.1. The van der Waals surface area contributed by atoms with Crippen LogP contribution in [0.15, 0.2) is 57.7 Å². The van der Waals surface area contributed by atoms with Crippen molar-refractivity contribution in [1.82, 2.24) is 4.90 Å². The molecule has 0 bridgehead atoms. The minimum absolute atomic E-state index is 0.0306. The molecule has 2 aromatic rings. The lowest BCUT2D eigenvalue weighted by Crippen LogP contribution is -2.35. The summed E-state index contributed by atoms with van der Waals surface area (Å²) in [5, 5.41) is 2.75. The lowest BCUT2D eigenvalue weighted by Gasteiger charge is -2.19. The lowest BCUT2D eigenvalue weighted by atomic mass is 10.3. The molecule has 1 aliphatic heterocycles. The van der Waals surface area contributed by atoms with Crippen molar-refractivity contribution in [3.8, 4) is 0 Å². The van der Waals surface area contributed by atoms with Gasteiger partial charge in [0, 0.05) is 10.9 Å². The van der Waals surface area contributed by atoms with E-state index in [1.165, 1.54) is 11.8 Å². The average molecular weight is 328 g/mol. The van der Waals surface area contributed by atoms with E-state index in [1.807, 2.05) is 67.8 Å². The van der Waals surface area contributed by atoms with Crippen LogP contribution in [0.1, 0.15) is 18.7 Å². The number of carbonyl (C=O) groups is 1. The molecular formula is C17H16N2OS2. The minimum atomic E-state index is 0.0306. The van der Waals surface area contributed by atoms with Crippen LogP contribution >= 0.6 is 23.1 Å². The second kappa shape index (κ2) is 6.50. The van der Waals surface area contributed by atoms with Gasteiger partial charge in [-0.2, -0.15) is 0 Å². The zero-order valence-electron chi connectivity index (χ0n) is 12.4. The Bertz CT molecular complexity index is 718. The van der Waals surface area contributed by atoms with E-state index in [0.717, 1.165) is 20.6 Å². The van der Waals surface area contributed by atoms with Gasteiger partial charge in [-0.25, -0.2) is 4.99 Å². The lowest BCUT2D eigenvalue weighted by molar-refractivity contribution is -0.123. The molecule has 0 unspecified atom stereocenters. The van der Waals surface area contributed by atoms with E-state index in [2.05, 4.69) is 4.99 Å². The summed E-state index contributed by atoms with van der Waals surface area (Å²) in [6, 6.07) is 13.8. The number of hydrogen-bond donors (Lipinski definition) is 0. The van der Waals surface area contributed by atoms with E-state index in [9.17, 15) is 4.79 Å². The topological polar surface area (TPSA) is 32.7 Å². The second-order valence-electron chi connectivity index (χ2n) is 5.12. The van der Waals surface area contributed by atoms with Crippen LogP contribution in [0, 0.1) is 0 Å². The van der Waals surface area contributed by atoms with Gasteiger partial charge in [-0.15, -0.1) is 11.3 Å². The van der Waals surface area contributed by atoms with Gasteiger partial charge in [0.1, 0.15) is 0 Å². The van der Waals surface area contributed by atoms with Crippen LogP contribution in [-0.4, -0.2) is 22.0 Å². The predicted molar refractivity (Wildman–Crippen MR) is 95.4 cm³/mol. The molecule has 0 atom stereocenters. The van der Waals surface area contributed by atoms with Crippen LogP contribution < -0.4 is 0 Å². The number of thiophene rings is 1. The number of carbonyl (C=O) groups excluding carboxylic acids is 1. The summed E-state index contributed by atoms with van der Waals surface area (Å²) >= 11 is 3.07. The third kappa shape index (κ3) is 3.15. The van der Waals surface area contributed by atoms with Crippen molar-refractivity contribution in [2.45, 2.75) is 19.9 Å². The molecule has 0 N–H and O–H groups in total. The van der Waals surface area contributed by atoms with Crippen molar-refractivity contribution in [2.24, 2.45) is 4.99 Å². The Hall–Kier alpha value is -1.85. The van der Waals surface area contributed by atoms with Gasteiger partial charge in [-0.05, 0) is 55.3 Å². The number of benzene rings is 1. The van der Waals surface area contributed by atoms with Crippen molar-refractivity contribution < 1.29 is 4.79 Å². The zero-order chi connectivity index (χ0) is 15.5. The number of para-hydroxylation sites is 1. The van der Waals surface area contributed by atoms with Crippen LogP contribution in [0.2, 0.25) is 0 Å². The molecular weight excluding hydrogens is 312 g/mol. The maximum atomic E-state index is 12.6. The number of hydrogen-bond acceptors (Lipinski definition) is 4. The van der Waals surface area contributed by atoms with Gasteiger partial charge in [-0.3, -0.25) is 9.69 Å². The molecule has 112 valence electrons. The molecule has 1 aromatic heterocycles. The number of amidine groups is 1. The van der Waals surface area contributed by atoms with Crippen molar-refractivity contribution in [3.05, 3.63) is 57.6 Å². The Kier molecular flexibility index (Phi) is 4.45. The number of thioether (sulfide) groups is 1. The molecule has 1 saturated heterocycles. The first-order valence-electron chi connectivity index (χ1n) is 7.05. The third-order valence-corrected chi connectivity index (χ3v) is 4.95. The number of nitrogens with zero attached hydrogens (tertiary/aromatic N) is 2. The Balaban J connectivity index is 1.96. The van der Waals surface area contributed by atoms with Gasteiger partial charge in [0.05, 0.1) is 10.6 Å². The van der Waals surface area contributed by atoms with E-state index in [1.54, 1.807) is 16.2 Å². The number of amides is 1. The largest absolute Gasteiger partial charge is 0.284 e. The fraction of sp³-hybridized carbons (Fsp3) is 0.176. The summed E-state index contributed by atoms with van der Waals surface area (Å²) in [4.78, 5) is 20.8. The molecule has 1 aliphatic rings. The zero-order valence-corrected chi connectivity index (χ0v) is 14.0. The van der Waals surface area contributed by atoms with E-state index in [-0.39, 0.29) is 11.9 Å². The molecule has 0 saturated carbocycles. The molecule has 0 radical (unpaired) electrons. The molecule has 0 aliphatic carbocycles. The predicted octanol–water partition coefficient (Wildman–Crippen LogP) is 4.76.